The van der Waals surface area contributed by atoms with Gasteiger partial charge in [-0.1, -0.05) is 0 Å². The number of halogens is 2. The molecule has 24 heavy (non-hydrogen) atoms. The standard InChI is InChI=1S/C16H22F2N6/c1-9-6-10(2)20-15-13(9)14(19-7-12(17)18)22-16(23-15)21-11-4-5-24(3)8-11/h6,11-12H,4-5,7-8H2,1-3H3,(H2,19,20,21,22,23). The first-order valence-electron chi connectivity index (χ1n) is 8.05. The summed E-state index contributed by atoms with van der Waals surface area (Å²) >= 11 is 0. The van der Waals surface area contributed by atoms with Crippen LogP contribution in [0.1, 0.15) is 17.7 Å². The highest BCUT2D eigenvalue weighted by Crippen LogP contribution is 2.26. The monoisotopic (exact) mass is 336 g/mol. The summed E-state index contributed by atoms with van der Waals surface area (Å²) in [6.07, 6.45) is -1.45. The lowest BCUT2D eigenvalue weighted by atomic mass is 10.1. The van der Waals surface area contributed by atoms with Crippen molar-refractivity contribution >= 4 is 22.8 Å². The van der Waals surface area contributed by atoms with Gasteiger partial charge in [0.2, 0.25) is 5.95 Å². The quantitative estimate of drug-likeness (QED) is 0.874. The molecule has 1 atom stereocenters. The maximum atomic E-state index is 12.6. The summed E-state index contributed by atoms with van der Waals surface area (Å²) < 4.78 is 25.2. The zero-order valence-electron chi connectivity index (χ0n) is 14.1. The third-order valence-electron chi connectivity index (χ3n) is 4.14. The minimum absolute atomic E-state index is 0.251. The number of pyridine rings is 1. The topological polar surface area (TPSA) is 66.0 Å². The number of aromatic nitrogens is 3. The molecule has 2 N–H and O–H groups in total. The molecule has 0 aliphatic carbocycles. The molecule has 1 aliphatic rings. The van der Waals surface area contributed by atoms with Gasteiger partial charge in [0.1, 0.15) is 5.82 Å². The van der Waals surface area contributed by atoms with Crippen LogP contribution in [0.5, 0.6) is 0 Å². The van der Waals surface area contributed by atoms with Crippen LogP contribution in [0.4, 0.5) is 20.5 Å². The van der Waals surface area contributed by atoms with Gasteiger partial charge in [-0.05, 0) is 45.5 Å². The molecule has 2 aromatic rings. The fourth-order valence-corrected chi connectivity index (χ4v) is 3.08. The highest BCUT2D eigenvalue weighted by Gasteiger charge is 2.21. The van der Waals surface area contributed by atoms with Gasteiger partial charge < -0.3 is 15.5 Å². The fraction of sp³-hybridized carbons (Fsp3) is 0.562. The Balaban J connectivity index is 1.97. The second-order valence-corrected chi connectivity index (χ2v) is 6.34. The predicted molar refractivity (Wildman–Crippen MR) is 90.8 cm³/mol. The van der Waals surface area contributed by atoms with Gasteiger partial charge in [0.25, 0.3) is 6.43 Å². The van der Waals surface area contributed by atoms with E-state index >= 15 is 0 Å². The van der Waals surface area contributed by atoms with Gasteiger partial charge >= 0.3 is 0 Å². The van der Waals surface area contributed by atoms with Crippen molar-refractivity contribution in [1.82, 2.24) is 19.9 Å². The van der Waals surface area contributed by atoms with Crippen molar-refractivity contribution in [2.75, 3.05) is 37.3 Å². The maximum Gasteiger partial charge on any atom is 0.255 e. The smallest absolute Gasteiger partial charge is 0.255 e. The molecule has 1 fully saturated rings. The first-order chi connectivity index (χ1) is 11.4. The molecule has 8 heteroatoms. The molecule has 1 saturated heterocycles. The summed E-state index contributed by atoms with van der Waals surface area (Å²) in [7, 11) is 2.06. The Morgan fingerprint density at radius 3 is 2.75 bits per heavy atom. The zero-order valence-corrected chi connectivity index (χ0v) is 14.1. The number of likely N-dealkylation sites (N-methyl/N-ethyl adjacent to an activating group) is 1. The van der Waals surface area contributed by atoms with Crippen molar-refractivity contribution < 1.29 is 8.78 Å². The molecular weight excluding hydrogens is 314 g/mol. The molecule has 0 radical (unpaired) electrons. The van der Waals surface area contributed by atoms with E-state index in [2.05, 4.69) is 37.5 Å². The van der Waals surface area contributed by atoms with E-state index in [9.17, 15) is 8.78 Å². The fourth-order valence-electron chi connectivity index (χ4n) is 3.08. The molecule has 130 valence electrons. The average Bonchev–Trinajstić information content (AvgIpc) is 2.89. The minimum atomic E-state index is -2.45. The molecule has 6 nitrogen and oxygen atoms in total. The first-order valence-corrected chi connectivity index (χ1v) is 8.05. The van der Waals surface area contributed by atoms with Gasteiger partial charge in [0.15, 0.2) is 5.65 Å². The molecule has 0 bridgehead atoms. The van der Waals surface area contributed by atoms with Gasteiger partial charge in [-0.2, -0.15) is 9.97 Å². The van der Waals surface area contributed by atoms with Crippen molar-refractivity contribution in [1.29, 1.82) is 0 Å². The van der Waals surface area contributed by atoms with Crippen LogP contribution in [0.15, 0.2) is 6.07 Å². The van der Waals surface area contributed by atoms with Gasteiger partial charge in [0.05, 0.1) is 11.9 Å². The summed E-state index contributed by atoms with van der Waals surface area (Å²) in [4.78, 5) is 15.6. The van der Waals surface area contributed by atoms with Crippen molar-refractivity contribution in [3.05, 3.63) is 17.3 Å². The first kappa shape index (κ1) is 16.8. The van der Waals surface area contributed by atoms with Crippen LogP contribution >= 0.6 is 0 Å². The van der Waals surface area contributed by atoms with E-state index in [1.165, 1.54) is 0 Å². The molecule has 0 spiro atoms. The highest BCUT2D eigenvalue weighted by atomic mass is 19.3. The summed E-state index contributed by atoms with van der Waals surface area (Å²) in [5.41, 5.74) is 2.28. The number of anilines is 2. The maximum absolute atomic E-state index is 12.6. The lowest BCUT2D eigenvalue weighted by Crippen LogP contribution is -2.25. The van der Waals surface area contributed by atoms with E-state index in [1.807, 2.05) is 19.9 Å². The van der Waals surface area contributed by atoms with Crippen LogP contribution in [0.2, 0.25) is 0 Å². The van der Waals surface area contributed by atoms with Crippen molar-refractivity contribution in [3.8, 4) is 0 Å². The summed E-state index contributed by atoms with van der Waals surface area (Å²) in [5.74, 6) is 0.830. The predicted octanol–water partition coefficient (Wildman–Crippen LogP) is 2.43. The zero-order chi connectivity index (χ0) is 17.3. The van der Waals surface area contributed by atoms with Crippen molar-refractivity contribution in [3.63, 3.8) is 0 Å². The number of nitrogens with one attached hydrogen (secondary N) is 2. The second kappa shape index (κ2) is 6.80. The van der Waals surface area contributed by atoms with Crippen LogP contribution in [0.3, 0.4) is 0 Å². The Labute approximate surface area is 139 Å². The van der Waals surface area contributed by atoms with Crippen LogP contribution in [-0.2, 0) is 0 Å². The number of fused-ring (bicyclic) bond motifs is 1. The molecule has 2 aromatic heterocycles. The lowest BCUT2D eigenvalue weighted by Gasteiger charge is -2.16. The van der Waals surface area contributed by atoms with Crippen molar-refractivity contribution in [2.24, 2.45) is 0 Å². The average molecular weight is 336 g/mol. The van der Waals surface area contributed by atoms with E-state index in [4.69, 9.17) is 0 Å². The van der Waals surface area contributed by atoms with Crippen LogP contribution < -0.4 is 10.6 Å². The Bertz CT molecular complexity index is 736. The molecule has 1 aliphatic heterocycles. The Morgan fingerprint density at radius 2 is 2.08 bits per heavy atom. The lowest BCUT2D eigenvalue weighted by molar-refractivity contribution is 0.163. The van der Waals surface area contributed by atoms with E-state index in [1.54, 1.807) is 0 Å². The number of likely N-dealkylation sites (tertiary alicyclic amines) is 1. The number of nitrogens with zero attached hydrogens (tertiary/aromatic N) is 4. The number of aryl methyl sites for hydroxylation is 2. The molecule has 3 rings (SSSR count). The minimum Gasteiger partial charge on any atom is -0.364 e. The van der Waals surface area contributed by atoms with Crippen LogP contribution in [-0.4, -0.2) is 59.0 Å². The van der Waals surface area contributed by atoms with Crippen LogP contribution in [0.25, 0.3) is 11.0 Å². The van der Waals surface area contributed by atoms with Crippen molar-refractivity contribution in [2.45, 2.75) is 32.7 Å². The number of rotatable bonds is 5. The molecule has 3 heterocycles. The Hall–Kier alpha value is -2.09. The highest BCUT2D eigenvalue weighted by molar-refractivity contribution is 5.90. The SMILES string of the molecule is Cc1cc(C)c2c(NCC(F)F)nc(NC3CCN(C)C3)nc2n1. The summed E-state index contributed by atoms with van der Waals surface area (Å²) in [5, 5.41) is 6.72. The van der Waals surface area contributed by atoms with Gasteiger partial charge in [-0.15, -0.1) is 0 Å². The Morgan fingerprint density at radius 1 is 1.29 bits per heavy atom. The van der Waals surface area contributed by atoms with Gasteiger partial charge in [-0.3, -0.25) is 0 Å². The largest absolute Gasteiger partial charge is 0.364 e. The third-order valence-corrected chi connectivity index (χ3v) is 4.14. The van der Waals surface area contributed by atoms with E-state index < -0.39 is 13.0 Å². The van der Waals surface area contributed by atoms with Gasteiger partial charge in [-0.25, -0.2) is 13.8 Å². The second-order valence-electron chi connectivity index (χ2n) is 6.34. The van der Waals surface area contributed by atoms with Crippen LogP contribution in [0, 0.1) is 13.8 Å². The molecule has 1 unspecified atom stereocenters. The molecule has 0 saturated carbocycles. The third kappa shape index (κ3) is 3.69. The Kier molecular flexibility index (Phi) is 4.75. The van der Waals surface area contributed by atoms with E-state index in [0.717, 1.165) is 30.8 Å². The number of hydrogen-bond acceptors (Lipinski definition) is 6. The molecule has 0 amide bonds. The van der Waals surface area contributed by atoms with E-state index in [-0.39, 0.29) is 6.04 Å². The number of hydrogen-bond donors (Lipinski definition) is 2. The molecule has 0 aromatic carbocycles. The van der Waals surface area contributed by atoms with E-state index in [0.29, 0.717) is 22.8 Å². The molecular formula is C16H22F2N6. The number of alkyl halides is 2. The summed E-state index contributed by atoms with van der Waals surface area (Å²) in [6.45, 7) is 5.26. The normalized spacial score (nSPS) is 18.5. The van der Waals surface area contributed by atoms with Gasteiger partial charge in [0, 0.05) is 18.3 Å². The summed E-state index contributed by atoms with van der Waals surface area (Å²) in [6, 6.07) is 2.15.